The van der Waals surface area contributed by atoms with Crippen LogP contribution in [0.2, 0.25) is 0 Å². The number of carbonyl (C=O) groups is 2. The number of nitrogens with zero attached hydrogens (tertiary/aromatic N) is 2. The Bertz CT molecular complexity index is 1410. The van der Waals surface area contributed by atoms with E-state index in [2.05, 4.69) is 5.32 Å². The van der Waals surface area contributed by atoms with Crippen molar-refractivity contribution in [3.05, 3.63) is 84.2 Å². The summed E-state index contributed by atoms with van der Waals surface area (Å²) in [6, 6.07) is 21.0. The number of carbonyl (C=O) groups excluding carboxylic acids is 2. The average molecular weight is 486 g/mol. The number of rotatable bonds is 7. The first-order chi connectivity index (χ1) is 17.2. The van der Waals surface area contributed by atoms with E-state index in [1.165, 1.54) is 23.7 Å². The number of anilines is 1. The van der Waals surface area contributed by atoms with Crippen LogP contribution in [0.5, 0.6) is 5.88 Å². The van der Waals surface area contributed by atoms with E-state index in [0.717, 1.165) is 16.7 Å². The second-order valence-corrected chi connectivity index (χ2v) is 9.11. The molecule has 0 fully saturated rings. The molecule has 184 valence electrons. The molecule has 1 amide bonds. The number of aryl methyl sites for hydroxylation is 1. The summed E-state index contributed by atoms with van der Waals surface area (Å²) in [7, 11) is 0. The molecular formula is C29H28FN3O3. The normalized spacial score (nSPS) is 10.9. The molecule has 0 aliphatic heterocycles. The number of esters is 1. The first kappa shape index (κ1) is 24.9. The number of ether oxygens (including phenoxy) is 1. The van der Waals surface area contributed by atoms with Gasteiger partial charge in [-0.25, -0.2) is 4.39 Å². The van der Waals surface area contributed by atoms with Gasteiger partial charge in [0.1, 0.15) is 11.5 Å². The highest BCUT2D eigenvalue weighted by Gasteiger charge is 2.25. The zero-order chi connectivity index (χ0) is 25.8. The van der Waals surface area contributed by atoms with Gasteiger partial charge in [-0.3, -0.25) is 9.59 Å². The Hall–Kier alpha value is -4.26. The van der Waals surface area contributed by atoms with Gasteiger partial charge in [-0.15, -0.1) is 0 Å². The van der Waals surface area contributed by atoms with E-state index >= 15 is 0 Å². The Labute approximate surface area is 209 Å². The van der Waals surface area contributed by atoms with Crippen LogP contribution in [0.3, 0.4) is 0 Å². The van der Waals surface area contributed by atoms with Crippen LogP contribution in [0, 0.1) is 18.7 Å². The fourth-order valence-electron chi connectivity index (χ4n) is 3.97. The Morgan fingerprint density at radius 3 is 2.36 bits per heavy atom. The summed E-state index contributed by atoms with van der Waals surface area (Å²) in [4.78, 5) is 24.3. The molecule has 3 aromatic carbocycles. The van der Waals surface area contributed by atoms with Crippen LogP contribution in [-0.2, 0) is 9.59 Å². The summed E-state index contributed by atoms with van der Waals surface area (Å²) in [5.74, 6) is -0.584. The van der Waals surface area contributed by atoms with Gasteiger partial charge in [-0.1, -0.05) is 55.8 Å². The number of amides is 1. The molecule has 0 radical (unpaired) electrons. The number of benzene rings is 3. The van der Waals surface area contributed by atoms with Crippen molar-refractivity contribution in [2.75, 3.05) is 5.32 Å². The molecule has 0 unspecified atom stereocenters. The fourth-order valence-corrected chi connectivity index (χ4v) is 3.97. The standard InChI is InChI=1S/C29H28FN3O3/c1-18(2)15-26(35)31-24-13-11-21(12-14-24)27-28(22-8-5-7-19(3)16-22)32-33(29(27)36-20(4)34)25-10-6-9-23(30)17-25/h5-14,16-18H,15H2,1-4H3,(H,31,35). The van der Waals surface area contributed by atoms with E-state index < -0.39 is 11.8 Å². The van der Waals surface area contributed by atoms with Gasteiger partial charge >= 0.3 is 5.97 Å². The Balaban J connectivity index is 1.88. The van der Waals surface area contributed by atoms with Crippen LogP contribution in [0.15, 0.2) is 72.8 Å². The Morgan fingerprint density at radius 2 is 1.72 bits per heavy atom. The number of nitrogens with one attached hydrogen (secondary N) is 1. The van der Waals surface area contributed by atoms with E-state index in [4.69, 9.17) is 9.84 Å². The van der Waals surface area contributed by atoms with Gasteiger partial charge in [-0.05, 0) is 54.8 Å². The van der Waals surface area contributed by atoms with Crippen molar-refractivity contribution >= 4 is 17.6 Å². The zero-order valence-corrected chi connectivity index (χ0v) is 20.7. The molecule has 0 saturated heterocycles. The van der Waals surface area contributed by atoms with Gasteiger partial charge in [0, 0.05) is 24.6 Å². The SMILES string of the molecule is CC(=O)Oc1c(-c2ccc(NC(=O)CC(C)C)cc2)c(-c2cccc(C)c2)nn1-c1cccc(F)c1. The van der Waals surface area contributed by atoms with Crippen molar-refractivity contribution in [1.29, 1.82) is 0 Å². The molecule has 36 heavy (non-hydrogen) atoms. The van der Waals surface area contributed by atoms with Crippen molar-refractivity contribution < 1.29 is 18.7 Å². The van der Waals surface area contributed by atoms with Gasteiger partial charge in [-0.2, -0.15) is 9.78 Å². The molecular weight excluding hydrogens is 457 g/mol. The maximum atomic E-state index is 14.1. The van der Waals surface area contributed by atoms with E-state index in [1.807, 2.05) is 57.2 Å². The summed E-state index contributed by atoms with van der Waals surface area (Å²) in [6.07, 6.45) is 0.427. The minimum atomic E-state index is -0.526. The minimum Gasteiger partial charge on any atom is -0.407 e. The van der Waals surface area contributed by atoms with Crippen molar-refractivity contribution in [2.45, 2.75) is 34.1 Å². The molecule has 0 saturated carbocycles. The number of aromatic nitrogens is 2. The van der Waals surface area contributed by atoms with Gasteiger partial charge in [0.05, 0.1) is 11.3 Å². The molecule has 4 aromatic rings. The number of halogens is 1. The highest BCUT2D eigenvalue weighted by Crippen LogP contribution is 2.41. The molecule has 1 N–H and O–H groups in total. The van der Waals surface area contributed by atoms with Crippen LogP contribution >= 0.6 is 0 Å². The fraction of sp³-hybridized carbons (Fsp3) is 0.207. The molecule has 6 nitrogen and oxygen atoms in total. The molecule has 0 spiro atoms. The topological polar surface area (TPSA) is 73.2 Å². The van der Waals surface area contributed by atoms with Gasteiger partial charge < -0.3 is 10.1 Å². The monoisotopic (exact) mass is 485 g/mol. The van der Waals surface area contributed by atoms with Crippen molar-refractivity contribution in [1.82, 2.24) is 9.78 Å². The summed E-state index contributed by atoms with van der Waals surface area (Å²) >= 11 is 0. The summed E-state index contributed by atoms with van der Waals surface area (Å²) in [5, 5.41) is 7.67. The molecule has 4 rings (SSSR count). The van der Waals surface area contributed by atoms with Gasteiger partial charge in [0.2, 0.25) is 11.8 Å². The van der Waals surface area contributed by atoms with Crippen molar-refractivity contribution in [3.63, 3.8) is 0 Å². The predicted octanol–water partition coefficient (Wildman–Crippen LogP) is 6.56. The highest BCUT2D eigenvalue weighted by molar-refractivity contribution is 5.92. The van der Waals surface area contributed by atoms with E-state index in [9.17, 15) is 14.0 Å². The summed E-state index contributed by atoms with van der Waals surface area (Å²) in [6.45, 7) is 7.27. The summed E-state index contributed by atoms with van der Waals surface area (Å²) in [5.41, 5.74) is 4.83. The average Bonchev–Trinajstić information content (AvgIpc) is 3.17. The Kier molecular flexibility index (Phi) is 7.29. The van der Waals surface area contributed by atoms with Gasteiger partial charge in [0.15, 0.2) is 0 Å². The lowest BCUT2D eigenvalue weighted by atomic mass is 10.00. The van der Waals surface area contributed by atoms with Crippen LogP contribution in [0.25, 0.3) is 28.1 Å². The molecule has 0 atom stereocenters. The molecule has 1 aromatic heterocycles. The second kappa shape index (κ2) is 10.6. The highest BCUT2D eigenvalue weighted by atomic mass is 19.1. The lowest BCUT2D eigenvalue weighted by Gasteiger charge is -2.11. The van der Waals surface area contributed by atoms with Gasteiger partial charge in [0.25, 0.3) is 0 Å². The zero-order valence-electron chi connectivity index (χ0n) is 20.7. The third kappa shape index (κ3) is 5.68. The first-order valence-corrected chi connectivity index (χ1v) is 11.8. The summed E-state index contributed by atoms with van der Waals surface area (Å²) < 4.78 is 21.2. The number of hydrogen-bond donors (Lipinski definition) is 1. The van der Waals surface area contributed by atoms with E-state index in [1.54, 1.807) is 24.3 Å². The number of hydrogen-bond acceptors (Lipinski definition) is 4. The van der Waals surface area contributed by atoms with Crippen LogP contribution in [0.1, 0.15) is 32.8 Å². The first-order valence-electron chi connectivity index (χ1n) is 11.8. The molecule has 0 bridgehead atoms. The molecule has 0 aliphatic carbocycles. The molecule has 0 aliphatic rings. The molecule has 7 heteroatoms. The van der Waals surface area contributed by atoms with Crippen molar-refractivity contribution in [2.24, 2.45) is 5.92 Å². The predicted molar refractivity (Wildman–Crippen MR) is 139 cm³/mol. The van der Waals surface area contributed by atoms with Crippen molar-refractivity contribution in [3.8, 4) is 34.0 Å². The smallest absolute Gasteiger partial charge is 0.309 e. The second-order valence-electron chi connectivity index (χ2n) is 9.11. The lowest BCUT2D eigenvalue weighted by Crippen LogP contribution is -2.13. The van der Waals surface area contributed by atoms with E-state index in [-0.39, 0.29) is 17.7 Å². The maximum absolute atomic E-state index is 14.1. The quantitative estimate of drug-likeness (QED) is 0.301. The lowest BCUT2D eigenvalue weighted by molar-refractivity contribution is -0.132. The third-order valence-electron chi connectivity index (χ3n) is 5.48. The molecule has 1 heterocycles. The van der Waals surface area contributed by atoms with Crippen LogP contribution < -0.4 is 10.1 Å². The third-order valence-corrected chi connectivity index (χ3v) is 5.48. The minimum absolute atomic E-state index is 0.0577. The van der Waals surface area contributed by atoms with Crippen LogP contribution in [0.4, 0.5) is 10.1 Å². The van der Waals surface area contributed by atoms with Crippen LogP contribution in [-0.4, -0.2) is 21.7 Å². The maximum Gasteiger partial charge on any atom is 0.309 e. The van der Waals surface area contributed by atoms with E-state index in [0.29, 0.717) is 29.1 Å². The largest absolute Gasteiger partial charge is 0.407 e. The Morgan fingerprint density at radius 1 is 1.00 bits per heavy atom.